The summed E-state index contributed by atoms with van der Waals surface area (Å²) in [5.41, 5.74) is 2.99. The SMILES string of the molecule is CNS(=O)(=O)c1ccc2c(c1)CCN2C(=O)c1ccc(CNC(=O)c2cccs2)cc1. The highest BCUT2D eigenvalue weighted by atomic mass is 32.2. The van der Waals surface area contributed by atoms with Gasteiger partial charge in [-0.15, -0.1) is 11.3 Å². The van der Waals surface area contributed by atoms with Gasteiger partial charge in [-0.1, -0.05) is 18.2 Å². The Labute approximate surface area is 184 Å². The molecule has 9 heteroatoms. The van der Waals surface area contributed by atoms with Crippen LogP contribution in [0.1, 0.15) is 31.2 Å². The lowest BCUT2D eigenvalue weighted by molar-refractivity contribution is 0.0952. The van der Waals surface area contributed by atoms with Crippen molar-refractivity contribution in [1.29, 1.82) is 0 Å². The van der Waals surface area contributed by atoms with Gasteiger partial charge in [0.05, 0.1) is 9.77 Å². The summed E-state index contributed by atoms with van der Waals surface area (Å²) in [4.78, 5) is 27.6. The maximum atomic E-state index is 13.0. The van der Waals surface area contributed by atoms with Crippen molar-refractivity contribution in [2.45, 2.75) is 17.9 Å². The fourth-order valence-corrected chi connectivity index (χ4v) is 4.89. The molecule has 0 spiro atoms. The third-order valence-electron chi connectivity index (χ3n) is 5.17. The van der Waals surface area contributed by atoms with Gasteiger partial charge >= 0.3 is 0 Å². The van der Waals surface area contributed by atoms with Crippen molar-refractivity contribution in [1.82, 2.24) is 10.0 Å². The van der Waals surface area contributed by atoms with Gasteiger partial charge in [0.2, 0.25) is 10.0 Å². The molecule has 0 atom stereocenters. The molecule has 0 saturated carbocycles. The molecule has 1 aliphatic heterocycles. The molecule has 0 unspecified atom stereocenters. The first-order chi connectivity index (χ1) is 14.9. The summed E-state index contributed by atoms with van der Waals surface area (Å²) in [7, 11) is -2.15. The van der Waals surface area contributed by atoms with Gasteiger partial charge in [0.15, 0.2) is 0 Å². The number of thiophene rings is 1. The van der Waals surface area contributed by atoms with Crippen LogP contribution >= 0.6 is 11.3 Å². The Morgan fingerprint density at radius 1 is 1.10 bits per heavy atom. The Morgan fingerprint density at radius 3 is 2.55 bits per heavy atom. The van der Waals surface area contributed by atoms with Crippen LogP contribution in [0.25, 0.3) is 0 Å². The van der Waals surface area contributed by atoms with E-state index in [-0.39, 0.29) is 16.7 Å². The zero-order valence-corrected chi connectivity index (χ0v) is 18.4. The van der Waals surface area contributed by atoms with Gasteiger partial charge in [-0.25, -0.2) is 13.1 Å². The monoisotopic (exact) mass is 455 g/mol. The molecule has 3 aromatic rings. The second kappa shape index (κ2) is 8.62. The second-order valence-electron chi connectivity index (χ2n) is 7.06. The molecule has 0 bridgehead atoms. The van der Waals surface area contributed by atoms with Crippen molar-refractivity contribution in [3.8, 4) is 0 Å². The molecule has 7 nitrogen and oxygen atoms in total. The molecule has 0 aliphatic carbocycles. The molecule has 2 amide bonds. The number of fused-ring (bicyclic) bond motifs is 1. The molecule has 2 heterocycles. The third-order valence-corrected chi connectivity index (χ3v) is 7.45. The number of amides is 2. The summed E-state index contributed by atoms with van der Waals surface area (Å²) >= 11 is 1.39. The first-order valence-corrected chi connectivity index (χ1v) is 12.0. The summed E-state index contributed by atoms with van der Waals surface area (Å²) in [6.07, 6.45) is 0.598. The van der Waals surface area contributed by atoms with Crippen molar-refractivity contribution in [2.75, 3.05) is 18.5 Å². The lowest BCUT2D eigenvalue weighted by Crippen LogP contribution is -2.29. The van der Waals surface area contributed by atoms with Gasteiger partial charge in [0, 0.05) is 24.3 Å². The number of sulfonamides is 1. The molecular weight excluding hydrogens is 434 g/mol. The largest absolute Gasteiger partial charge is 0.347 e. The number of carbonyl (C=O) groups excluding carboxylic acids is 2. The number of carbonyl (C=O) groups is 2. The fraction of sp³-hybridized carbons (Fsp3) is 0.182. The van der Waals surface area contributed by atoms with Crippen molar-refractivity contribution >= 4 is 38.9 Å². The quantitative estimate of drug-likeness (QED) is 0.598. The van der Waals surface area contributed by atoms with Gasteiger partial charge in [-0.3, -0.25) is 9.59 Å². The molecule has 160 valence electrons. The van der Waals surface area contributed by atoms with E-state index in [4.69, 9.17) is 0 Å². The van der Waals surface area contributed by atoms with Gasteiger partial charge in [-0.05, 0) is 66.4 Å². The topological polar surface area (TPSA) is 95.6 Å². The minimum absolute atomic E-state index is 0.122. The normalized spacial score (nSPS) is 13.1. The summed E-state index contributed by atoms with van der Waals surface area (Å²) in [5.74, 6) is -0.263. The van der Waals surface area contributed by atoms with Crippen LogP contribution in [0.5, 0.6) is 0 Å². The summed E-state index contributed by atoms with van der Waals surface area (Å²) in [5, 5.41) is 4.72. The van der Waals surface area contributed by atoms with Crippen molar-refractivity contribution < 1.29 is 18.0 Å². The predicted octanol–water partition coefficient (Wildman–Crippen LogP) is 2.79. The molecule has 0 saturated heterocycles. The van der Waals surface area contributed by atoms with E-state index in [1.165, 1.54) is 24.5 Å². The van der Waals surface area contributed by atoms with E-state index in [0.717, 1.165) is 16.8 Å². The summed E-state index contributed by atoms with van der Waals surface area (Å²) in [6.45, 7) is 0.871. The smallest absolute Gasteiger partial charge is 0.261 e. The number of nitrogens with one attached hydrogen (secondary N) is 2. The van der Waals surface area contributed by atoms with Gasteiger partial charge < -0.3 is 10.2 Å². The first kappa shape index (κ1) is 21.2. The van der Waals surface area contributed by atoms with E-state index in [1.807, 2.05) is 23.6 Å². The van der Waals surface area contributed by atoms with E-state index in [1.54, 1.807) is 35.2 Å². The van der Waals surface area contributed by atoms with Crippen LogP contribution in [0, 0.1) is 0 Å². The molecule has 2 aromatic carbocycles. The van der Waals surface area contributed by atoms with Crippen LogP contribution in [0.4, 0.5) is 5.69 Å². The highest BCUT2D eigenvalue weighted by Gasteiger charge is 2.27. The van der Waals surface area contributed by atoms with Gasteiger partial charge in [-0.2, -0.15) is 0 Å². The lowest BCUT2D eigenvalue weighted by Gasteiger charge is -2.18. The fourth-order valence-electron chi connectivity index (χ4n) is 3.47. The Kier molecular flexibility index (Phi) is 5.90. The minimum atomic E-state index is -3.52. The number of hydrogen-bond donors (Lipinski definition) is 2. The van der Waals surface area contributed by atoms with Crippen LogP contribution in [0.15, 0.2) is 64.9 Å². The molecule has 4 rings (SSSR count). The average molecular weight is 456 g/mol. The van der Waals surface area contributed by atoms with Crippen LogP contribution < -0.4 is 14.9 Å². The van der Waals surface area contributed by atoms with Gasteiger partial charge in [0.25, 0.3) is 11.8 Å². The van der Waals surface area contributed by atoms with Crippen molar-refractivity contribution in [3.05, 3.63) is 81.5 Å². The van der Waals surface area contributed by atoms with E-state index < -0.39 is 10.0 Å². The standard InChI is InChI=1S/C22H21N3O4S2/c1-23-31(28,29)18-8-9-19-17(13-18)10-11-25(19)22(27)16-6-4-15(5-7-16)14-24-21(26)20-3-2-12-30-20/h2-9,12-13,23H,10-11,14H2,1H3,(H,24,26). The number of benzene rings is 2. The molecular formula is C22H21N3O4S2. The van der Waals surface area contributed by atoms with Crippen molar-refractivity contribution in [3.63, 3.8) is 0 Å². The highest BCUT2D eigenvalue weighted by molar-refractivity contribution is 7.89. The average Bonchev–Trinajstić information content (AvgIpc) is 3.47. The van der Waals surface area contributed by atoms with Crippen LogP contribution in [0.2, 0.25) is 0 Å². The number of nitrogens with zero attached hydrogens (tertiary/aromatic N) is 1. The highest BCUT2D eigenvalue weighted by Crippen LogP contribution is 2.31. The minimum Gasteiger partial charge on any atom is -0.347 e. The lowest BCUT2D eigenvalue weighted by atomic mass is 10.1. The predicted molar refractivity (Wildman–Crippen MR) is 120 cm³/mol. The van der Waals surface area contributed by atoms with E-state index in [9.17, 15) is 18.0 Å². The maximum absolute atomic E-state index is 13.0. The Bertz CT molecular complexity index is 1220. The molecule has 1 aromatic heterocycles. The van der Waals surface area contributed by atoms with Crippen molar-refractivity contribution in [2.24, 2.45) is 0 Å². The van der Waals surface area contributed by atoms with Crippen LogP contribution in [0.3, 0.4) is 0 Å². The van der Waals surface area contributed by atoms with Crippen LogP contribution in [-0.4, -0.2) is 33.8 Å². The van der Waals surface area contributed by atoms with E-state index in [2.05, 4.69) is 10.0 Å². The maximum Gasteiger partial charge on any atom is 0.261 e. The molecule has 0 radical (unpaired) electrons. The summed E-state index contributed by atoms with van der Waals surface area (Å²) < 4.78 is 26.3. The number of hydrogen-bond acceptors (Lipinski definition) is 5. The Balaban J connectivity index is 1.44. The molecule has 1 aliphatic rings. The number of anilines is 1. The number of rotatable bonds is 6. The van der Waals surface area contributed by atoms with E-state index in [0.29, 0.717) is 30.0 Å². The Hall–Kier alpha value is -3.01. The molecule has 2 N–H and O–H groups in total. The van der Waals surface area contributed by atoms with Gasteiger partial charge in [0.1, 0.15) is 0 Å². The summed E-state index contributed by atoms with van der Waals surface area (Å²) in [6, 6.07) is 15.5. The van der Waals surface area contributed by atoms with E-state index >= 15 is 0 Å². The third kappa shape index (κ3) is 4.39. The Morgan fingerprint density at radius 2 is 1.87 bits per heavy atom. The zero-order valence-electron chi connectivity index (χ0n) is 16.8. The molecule has 0 fully saturated rings. The van der Waals surface area contributed by atoms with Crippen LogP contribution in [-0.2, 0) is 23.0 Å². The molecule has 31 heavy (non-hydrogen) atoms. The first-order valence-electron chi connectivity index (χ1n) is 9.68. The zero-order chi connectivity index (χ0) is 22.0. The second-order valence-corrected chi connectivity index (χ2v) is 9.90.